The van der Waals surface area contributed by atoms with Crippen LogP contribution in [-0.2, 0) is 38.0 Å². The van der Waals surface area contributed by atoms with Crippen LogP contribution in [0.1, 0.15) is 94.9 Å². The van der Waals surface area contributed by atoms with Crippen LogP contribution in [0.3, 0.4) is 0 Å². The molecule has 0 unspecified atom stereocenters. The molecule has 5 N–H and O–H groups in total. The number of hydrogen-bond acceptors (Lipinski definition) is 14. The van der Waals surface area contributed by atoms with Crippen LogP contribution in [0.5, 0.6) is 0 Å². The number of rotatable bonds is 7. The third-order valence-corrected chi connectivity index (χ3v) is 12.6. The van der Waals surface area contributed by atoms with Gasteiger partial charge in [-0.05, 0) is 74.9 Å². The first-order valence-electron chi connectivity index (χ1n) is 18.7. The predicted octanol–water partition coefficient (Wildman–Crippen LogP) is 1.94. The fraction of sp³-hybridized carbons (Fsp3) is 0.973. The lowest BCUT2D eigenvalue weighted by molar-refractivity contribution is -0.339. The van der Waals surface area contributed by atoms with E-state index < -0.39 is 108 Å². The summed E-state index contributed by atoms with van der Waals surface area (Å²) in [5, 5.41) is 58.2. The first kappa shape index (κ1) is 42.7. The lowest BCUT2D eigenvalue weighted by atomic mass is 9.75. The van der Waals surface area contributed by atoms with Gasteiger partial charge in [0.1, 0.15) is 23.9 Å². The highest BCUT2D eigenvalue weighted by Gasteiger charge is 2.63. The van der Waals surface area contributed by atoms with E-state index in [1.54, 1.807) is 41.5 Å². The first-order valence-corrected chi connectivity index (χ1v) is 18.7. The average Bonchev–Trinajstić information content (AvgIpc) is 3.31. The van der Waals surface area contributed by atoms with Crippen molar-refractivity contribution in [2.24, 2.45) is 23.7 Å². The lowest BCUT2D eigenvalue weighted by Crippen LogP contribution is -2.61. The smallest absolute Gasteiger partial charge is 0.311 e. The molecule has 14 nitrogen and oxygen atoms in total. The Morgan fingerprint density at radius 1 is 0.922 bits per heavy atom. The Morgan fingerprint density at radius 3 is 2.12 bits per heavy atom. The Hall–Kier alpha value is -1.01. The summed E-state index contributed by atoms with van der Waals surface area (Å²) in [5.74, 6) is -5.92. The minimum absolute atomic E-state index is 0.137. The normalized spacial score (nSPS) is 53.2. The maximum Gasteiger partial charge on any atom is 0.311 e. The van der Waals surface area contributed by atoms with Crippen LogP contribution in [0.25, 0.3) is 0 Å². The number of nitrogens with zero attached hydrogens (tertiary/aromatic N) is 1. The second-order valence-corrected chi connectivity index (χ2v) is 16.9. The van der Waals surface area contributed by atoms with Crippen molar-refractivity contribution in [3.8, 4) is 0 Å². The lowest BCUT2D eigenvalue weighted by Gasteiger charge is -2.49. The number of methoxy groups -OCH3 is 1. The van der Waals surface area contributed by atoms with Crippen molar-refractivity contribution < 1.29 is 63.5 Å². The largest absolute Gasteiger partial charge is 0.459 e. The van der Waals surface area contributed by atoms with Gasteiger partial charge in [0.2, 0.25) is 0 Å². The third kappa shape index (κ3) is 8.04. The van der Waals surface area contributed by atoms with Crippen LogP contribution in [-0.4, -0.2) is 148 Å². The molecule has 4 rings (SSSR count). The van der Waals surface area contributed by atoms with Crippen molar-refractivity contribution in [3.05, 3.63) is 0 Å². The number of likely N-dealkylation sites (N-methyl/N-ethyl adjacent to an activating group) is 1. The molecule has 0 aromatic heterocycles. The molecule has 298 valence electrons. The highest BCUT2D eigenvalue weighted by Crippen LogP contribution is 2.52. The fourth-order valence-electron chi connectivity index (χ4n) is 9.17. The molecule has 0 saturated carbocycles. The summed E-state index contributed by atoms with van der Waals surface area (Å²) in [6.07, 6.45) is -8.51. The number of carbonyl (C=O) groups excluding carboxylic acids is 1. The van der Waals surface area contributed by atoms with Gasteiger partial charge in [0.25, 0.3) is 0 Å². The SMILES string of the molecule is CC[C@@H]1OC(=O)[C@H](C)[C@H](O[C@H]2C[C@@](C)(OC)[C@@H](O)[C@H](C)O2)[C@H](C)[C@@H](O[C@@H]2O[C@H](C)C[C@H](N(C)C)[C@H]2O)[C@]2(C)C[C@@H](C)[C@](O)(O2)[C@@H](C)[C@@H](O)[C@]1(C)O. The number of carbonyl (C=O) groups is 1. The quantitative estimate of drug-likeness (QED) is 0.239. The molecule has 51 heavy (non-hydrogen) atoms. The molecular weight excluding hydrogens is 666 g/mol. The minimum Gasteiger partial charge on any atom is -0.459 e. The molecule has 0 aliphatic carbocycles. The summed E-state index contributed by atoms with van der Waals surface area (Å²) >= 11 is 0. The second-order valence-electron chi connectivity index (χ2n) is 16.9. The molecule has 4 aliphatic heterocycles. The fourth-order valence-corrected chi connectivity index (χ4v) is 9.17. The Balaban J connectivity index is 1.87. The third-order valence-electron chi connectivity index (χ3n) is 12.6. The number of fused-ring (bicyclic) bond motifs is 2. The van der Waals surface area contributed by atoms with Crippen molar-refractivity contribution in [1.29, 1.82) is 0 Å². The Labute approximate surface area is 304 Å². The van der Waals surface area contributed by atoms with Gasteiger partial charge in [-0.25, -0.2) is 0 Å². The zero-order valence-corrected chi connectivity index (χ0v) is 32.9. The topological polar surface area (TPSA) is 186 Å². The van der Waals surface area contributed by atoms with Crippen LogP contribution < -0.4 is 0 Å². The van der Waals surface area contributed by atoms with E-state index >= 15 is 0 Å². The molecule has 0 aromatic rings. The maximum absolute atomic E-state index is 14.1. The maximum atomic E-state index is 14.1. The van der Waals surface area contributed by atoms with Crippen molar-refractivity contribution in [2.75, 3.05) is 21.2 Å². The summed E-state index contributed by atoms with van der Waals surface area (Å²) in [6, 6.07) is -0.281. The molecule has 19 atom stereocenters. The van der Waals surface area contributed by atoms with Gasteiger partial charge in [-0.2, -0.15) is 0 Å². The molecule has 2 bridgehead atoms. The van der Waals surface area contributed by atoms with Gasteiger partial charge in [0.15, 0.2) is 18.4 Å². The van der Waals surface area contributed by atoms with Crippen molar-refractivity contribution in [3.63, 3.8) is 0 Å². The molecule has 4 aliphatic rings. The van der Waals surface area contributed by atoms with Gasteiger partial charge in [-0.15, -0.1) is 0 Å². The van der Waals surface area contributed by atoms with Gasteiger partial charge in [0, 0.05) is 37.3 Å². The summed E-state index contributed by atoms with van der Waals surface area (Å²) in [6.45, 7) is 17.2. The number of ether oxygens (including phenoxy) is 7. The van der Waals surface area contributed by atoms with Crippen molar-refractivity contribution in [1.82, 2.24) is 4.90 Å². The van der Waals surface area contributed by atoms with Crippen LogP contribution in [0.2, 0.25) is 0 Å². The molecule has 4 fully saturated rings. The number of cyclic esters (lactones) is 1. The Bertz CT molecular complexity index is 1190. The van der Waals surface area contributed by atoms with Crippen LogP contribution >= 0.6 is 0 Å². The van der Waals surface area contributed by atoms with Crippen LogP contribution in [0.4, 0.5) is 0 Å². The van der Waals surface area contributed by atoms with Crippen molar-refractivity contribution >= 4 is 5.97 Å². The van der Waals surface area contributed by atoms with Gasteiger partial charge in [0.05, 0.1) is 47.6 Å². The molecule has 14 heteroatoms. The number of aliphatic hydroxyl groups excluding tert-OH is 3. The van der Waals surface area contributed by atoms with Gasteiger partial charge in [-0.1, -0.05) is 27.7 Å². The van der Waals surface area contributed by atoms with E-state index in [9.17, 15) is 30.3 Å². The summed E-state index contributed by atoms with van der Waals surface area (Å²) in [7, 11) is 5.27. The van der Waals surface area contributed by atoms with E-state index in [0.29, 0.717) is 6.42 Å². The summed E-state index contributed by atoms with van der Waals surface area (Å²) in [5.41, 5.74) is -4.27. The molecular formula is C37H67NO13. The average molecular weight is 734 g/mol. The van der Waals surface area contributed by atoms with E-state index in [2.05, 4.69) is 0 Å². The summed E-state index contributed by atoms with van der Waals surface area (Å²) in [4.78, 5) is 16.1. The van der Waals surface area contributed by atoms with E-state index in [4.69, 9.17) is 33.2 Å². The molecule has 0 spiro atoms. The van der Waals surface area contributed by atoms with Crippen LogP contribution in [0, 0.1) is 23.7 Å². The standard InChI is InChI=1S/C37H67NO13/c1-14-25-36(10,43)29(40)22(6)37(44)18(2)16-35(9,51-37)31(50-33-27(39)24(38(11)12)15-19(3)46-33)20(4)28(21(5)32(42)48-25)49-26-17-34(8,45-13)30(41)23(7)47-26/h18-31,33,39-41,43-44H,14-17H2,1-13H3/t18-,19-,20+,21-,22+,23+,24+,25+,26+,27-,28-,29-,30+,31-,33+,34-,35+,36-,37+/m1/s1. The van der Waals surface area contributed by atoms with E-state index in [-0.39, 0.29) is 31.4 Å². The van der Waals surface area contributed by atoms with Crippen LogP contribution in [0.15, 0.2) is 0 Å². The predicted molar refractivity (Wildman–Crippen MR) is 185 cm³/mol. The molecule has 0 aromatic carbocycles. The number of hydrogen-bond donors (Lipinski definition) is 5. The first-order chi connectivity index (χ1) is 23.5. The highest BCUT2D eigenvalue weighted by atomic mass is 16.7. The Kier molecular flexibility index (Phi) is 13.1. The number of aliphatic hydroxyl groups is 5. The molecule has 4 saturated heterocycles. The van der Waals surface area contributed by atoms with E-state index in [1.807, 2.05) is 39.8 Å². The summed E-state index contributed by atoms with van der Waals surface area (Å²) < 4.78 is 44.4. The van der Waals surface area contributed by atoms with Gasteiger partial charge < -0.3 is 63.6 Å². The number of esters is 1. The van der Waals surface area contributed by atoms with E-state index in [0.717, 1.165) is 0 Å². The monoisotopic (exact) mass is 733 g/mol. The van der Waals surface area contributed by atoms with Gasteiger partial charge in [-0.3, -0.25) is 4.79 Å². The molecule has 0 amide bonds. The molecule has 4 heterocycles. The van der Waals surface area contributed by atoms with E-state index in [1.165, 1.54) is 14.0 Å². The highest BCUT2D eigenvalue weighted by molar-refractivity contribution is 5.73. The zero-order chi connectivity index (χ0) is 38.6. The minimum atomic E-state index is -1.97. The Morgan fingerprint density at radius 2 is 1.55 bits per heavy atom. The van der Waals surface area contributed by atoms with Gasteiger partial charge >= 0.3 is 5.97 Å². The van der Waals surface area contributed by atoms with Crippen molar-refractivity contribution in [2.45, 2.75) is 185 Å². The second kappa shape index (κ2) is 15.6. The zero-order valence-electron chi connectivity index (χ0n) is 32.9. The molecule has 0 radical (unpaired) electrons.